The Morgan fingerprint density at radius 1 is 0.733 bits per heavy atom. The molecular weight excluding hydrogens is 187 g/mol. The topological polar surface area (TPSA) is 0 Å². The van der Waals surface area contributed by atoms with Crippen molar-refractivity contribution in [3.8, 4) is 11.1 Å². The van der Waals surface area contributed by atoms with E-state index in [4.69, 9.17) is 0 Å². The van der Waals surface area contributed by atoms with E-state index in [1.807, 2.05) is 0 Å². The standard InChI is InChI=1S/C13H10.CH3F/c1-3-7-12-10(5-1)9-11-6-2-4-8-13(11)12;1-2/h1-8H,9H2;1H3. The minimum atomic E-state index is 0.500. The van der Waals surface area contributed by atoms with Crippen molar-refractivity contribution in [1.29, 1.82) is 0 Å². The van der Waals surface area contributed by atoms with Crippen molar-refractivity contribution in [3.05, 3.63) is 59.7 Å². The minimum Gasteiger partial charge on any atom is -0.255 e. The second-order valence-corrected chi connectivity index (χ2v) is 3.49. The number of hydrogen-bond donors (Lipinski definition) is 0. The molecule has 0 heterocycles. The van der Waals surface area contributed by atoms with Gasteiger partial charge in [-0.25, -0.2) is 0 Å². The quantitative estimate of drug-likeness (QED) is 0.517. The van der Waals surface area contributed by atoms with E-state index < -0.39 is 0 Å². The van der Waals surface area contributed by atoms with E-state index >= 15 is 0 Å². The molecule has 0 fully saturated rings. The molecule has 15 heavy (non-hydrogen) atoms. The van der Waals surface area contributed by atoms with Crippen molar-refractivity contribution >= 4 is 0 Å². The molecule has 76 valence electrons. The normalized spacial score (nSPS) is 11.1. The molecule has 0 aromatic heterocycles. The van der Waals surface area contributed by atoms with E-state index in [0.29, 0.717) is 7.18 Å². The molecule has 0 unspecified atom stereocenters. The van der Waals surface area contributed by atoms with Crippen molar-refractivity contribution < 1.29 is 4.39 Å². The van der Waals surface area contributed by atoms with Gasteiger partial charge in [0.2, 0.25) is 0 Å². The Balaban J connectivity index is 0.000000404. The summed E-state index contributed by atoms with van der Waals surface area (Å²) in [6, 6.07) is 17.3. The van der Waals surface area contributed by atoms with Gasteiger partial charge >= 0.3 is 0 Å². The van der Waals surface area contributed by atoms with Gasteiger partial charge < -0.3 is 0 Å². The van der Waals surface area contributed by atoms with Crippen molar-refractivity contribution in [2.75, 3.05) is 7.18 Å². The molecule has 1 aliphatic carbocycles. The van der Waals surface area contributed by atoms with Crippen LogP contribution in [-0.2, 0) is 6.42 Å². The van der Waals surface area contributed by atoms with Crippen LogP contribution in [0.4, 0.5) is 4.39 Å². The Morgan fingerprint density at radius 3 is 1.60 bits per heavy atom. The van der Waals surface area contributed by atoms with Gasteiger partial charge in [-0.1, -0.05) is 48.5 Å². The first kappa shape index (κ1) is 9.91. The van der Waals surface area contributed by atoms with E-state index in [1.54, 1.807) is 0 Å². The molecule has 3 rings (SSSR count). The average molecular weight is 200 g/mol. The molecule has 0 spiro atoms. The predicted molar refractivity (Wildman–Crippen MR) is 61.7 cm³/mol. The molecule has 0 atom stereocenters. The monoisotopic (exact) mass is 200 g/mol. The second kappa shape index (κ2) is 4.26. The third-order valence-electron chi connectivity index (χ3n) is 2.71. The Kier molecular flexibility index (Phi) is 2.82. The maximum Gasteiger partial charge on any atom is 0.0785 e. The maximum absolute atomic E-state index is 9.50. The smallest absolute Gasteiger partial charge is 0.0785 e. The Labute approximate surface area is 89.4 Å². The van der Waals surface area contributed by atoms with Crippen LogP contribution < -0.4 is 0 Å². The van der Waals surface area contributed by atoms with Gasteiger partial charge in [0.1, 0.15) is 0 Å². The lowest BCUT2D eigenvalue weighted by molar-refractivity contribution is 0.636. The third kappa shape index (κ3) is 1.65. The first-order chi connectivity index (χ1) is 7.45. The highest BCUT2D eigenvalue weighted by Gasteiger charge is 2.15. The summed E-state index contributed by atoms with van der Waals surface area (Å²) in [5.74, 6) is 0. The highest BCUT2D eigenvalue weighted by molar-refractivity contribution is 5.76. The Bertz CT molecular complexity index is 417. The number of rotatable bonds is 0. The van der Waals surface area contributed by atoms with Crippen LogP contribution in [-0.4, -0.2) is 7.18 Å². The third-order valence-corrected chi connectivity index (χ3v) is 2.71. The molecule has 0 N–H and O–H groups in total. The molecule has 0 bridgehead atoms. The molecule has 1 aliphatic rings. The van der Waals surface area contributed by atoms with Crippen LogP contribution in [0.15, 0.2) is 48.5 Å². The summed E-state index contributed by atoms with van der Waals surface area (Å²) in [7, 11) is 0.500. The van der Waals surface area contributed by atoms with Crippen molar-refractivity contribution in [1.82, 2.24) is 0 Å². The fourth-order valence-electron chi connectivity index (χ4n) is 2.08. The highest BCUT2D eigenvalue weighted by atomic mass is 19.1. The molecule has 0 saturated carbocycles. The number of hydrogen-bond acceptors (Lipinski definition) is 0. The molecule has 1 heteroatoms. The summed E-state index contributed by atoms with van der Waals surface area (Å²) >= 11 is 0. The van der Waals surface area contributed by atoms with Crippen molar-refractivity contribution in [3.63, 3.8) is 0 Å². The van der Waals surface area contributed by atoms with Crippen molar-refractivity contribution in [2.45, 2.75) is 6.42 Å². The number of benzene rings is 2. The fraction of sp³-hybridized carbons (Fsp3) is 0.143. The van der Waals surface area contributed by atoms with Crippen LogP contribution >= 0.6 is 0 Å². The molecule has 0 radical (unpaired) electrons. The summed E-state index contributed by atoms with van der Waals surface area (Å²) in [6.07, 6.45) is 1.10. The largest absolute Gasteiger partial charge is 0.255 e. The second-order valence-electron chi connectivity index (χ2n) is 3.49. The molecular formula is C14H13F. The highest BCUT2D eigenvalue weighted by Crippen LogP contribution is 2.35. The van der Waals surface area contributed by atoms with E-state index in [-0.39, 0.29) is 0 Å². The van der Waals surface area contributed by atoms with Gasteiger partial charge in [0, 0.05) is 0 Å². The number of alkyl halides is 1. The zero-order valence-electron chi connectivity index (χ0n) is 8.70. The van der Waals surface area contributed by atoms with Gasteiger partial charge in [-0.05, 0) is 28.7 Å². The zero-order chi connectivity index (χ0) is 10.7. The van der Waals surface area contributed by atoms with Gasteiger partial charge in [-0.2, -0.15) is 0 Å². The Morgan fingerprint density at radius 2 is 1.13 bits per heavy atom. The van der Waals surface area contributed by atoms with Gasteiger partial charge in [-0.3, -0.25) is 4.39 Å². The number of fused-ring (bicyclic) bond motifs is 3. The Hall–Kier alpha value is -1.63. The molecule has 0 nitrogen and oxygen atoms in total. The lowest BCUT2D eigenvalue weighted by Crippen LogP contribution is -1.77. The first-order valence-corrected chi connectivity index (χ1v) is 4.99. The SMILES string of the molecule is CF.c1ccc2c(c1)Cc1ccccc1-2. The summed E-state index contributed by atoms with van der Waals surface area (Å²) in [5, 5.41) is 0. The zero-order valence-corrected chi connectivity index (χ0v) is 8.70. The summed E-state index contributed by atoms with van der Waals surface area (Å²) < 4.78 is 9.50. The summed E-state index contributed by atoms with van der Waals surface area (Å²) in [6.45, 7) is 0. The minimum absolute atomic E-state index is 0.500. The molecule has 2 aromatic carbocycles. The van der Waals surface area contributed by atoms with E-state index in [1.165, 1.54) is 22.3 Å². The number of halogens is 1. The maximum atomic E-state index is 9.50. The average Bonchev–Trinajstić information content (AvgIpc) is 2.70. The van der Waals surface area contributed by atoms with E-state index in [9.17, 15) is 4.39 Å². The van der Waals surface area contributed by atoms with E-state index in [0.717, 1.165) is 6.42 Å². The lowest BCUT2D eigenvalue weighted by atomic mass is 10.1. The molecule has 0 amide bonds. The van der Waals surface area contributed by atoms with Gasteiger partial charge in [0.25, 0.3) is 0 Å². The summed E-state index contributed by atoms with van der Waals surface area (Å²) in [4.78, 5) is 0. The predicted octanol–water partition coefficient (Wildman–Crippen LogP) is 3.84. The van der Waals surface area contributed by atoms with Crippen LogP contribution in [0.2, 0.25) is 0 Å². The molecule has 2 aromatic rings. The summed E-state index contributed by atoms with van der Waals surface area (Å²) in [5.41, 5.74) is 5.75. The first-order valence-electron chi connectivity index (χ1n) is 4.99. The fourth-order valence-corrected chi connectivity index (χ4v) is 2.08. The lowest BCUT2D eigenvalue weighted by Gasteiger charge is -1.98. The van der Waals surface area contributed by atoms with Gasteiger partial charge in [0.05, 0.1) is 7.18 Å². The van der Waals surface area contributed by atoms with Gasteiger partial charge in [-0.15, -0.1) is 0 Å². The van der Waals surface area contributed by atoms with Crippen LogP contribution in [0.5, 0.6) is 0 Å². The van der Waals surface area contributed by atoms with Crippen LogP contribution in [0.1, 0.15) is 11.1 Å². The van der Waals surface area contributed by atoms with Crippen LogP contribution in [0.3, 0.4) is 0 Å². The van der Waals surface area contributed by atoms with Crippen molar-refractivity contribution in [2.24, 2.45) is 0 Å². The molecule has 0 saturated heterocycles. The molecule has 0 aliphatic heterocycles. The van der Waals surface area contributed by atoms with Gasteiger partial charge in [0.15, 0.2) is 0 Å². The van der Waals surface area contributed by atoms with Crippen LogP contribution in [0, 0.1) is 0 Å². The van der Waals surface area contributed by atoms with E-state index in [2.05, 4.69) is 48.5 Å². The van der Waals surface area contributed by atoms with Crippen LogP contribution in [0.25, 0.3) is 11.1 Å².